The molecule has 1 aliphatic carbocycles. The topological polar surface area (TPSA) is 81.0 Å². The average Bonchev–Trinajstić information content (AvgIpc) is 3.57. The van der Waals surface area contributed by atoms with Crippen LogP contribution in [0.2, 0.25) is 0 Å². The second-order valence-electron chi connectivity index (χ2n) is 8.78. The lowest BCUT2D eigenvalue weighted by Gasteiger charge is -2.32. The Morgan fingerprint density at radius 3 is 2.41 bits per heavy atom. The highest BCUT2D eigenvalue weighted by atomic mass is 16.6. The van der Waals surface area contributed by atoms with Crippen LogP contribution in [0.15, 0.2) is 65.3 Å². The van der Waals surface area contributed by atoms with Crippen LogP contribution in [0.25, 0.3) is 0 Å². The minimum Gasteiger partial charge on any atom is -0.486 e. The Morgan fingerprint density at radius 1 is 0.971 bits per heavy atom. The molecular weight excluding hydrogens is 432 g/mol. The second kappa shape index (κ2) is 9.63. The van der Waals surface area contributed by atoms with E-state index < -0.39 is 11.9 Å². The molecule has 34 heavy (non-hydrogen) atoms. The summed E-state index contributed by atoms with van der Waals surface area (Å²) in [5.74, 6) is 0.683. The monoisotopic (exact) mass is 460 g/mol. The average molecular weight is 461 g/mol. The van der Waals surface area contributed by atoms with E-state index in [0.29, 0.717) is 30.4 Å². The van der Waals surface area contributed by atoms with Crippen LogP contribution in [-0.4, -0.2) is 31.1 Å². The van der Waals surface area contributed by atoms with E-state index in [9.17, 15) is 9.59 Å². The Kier molecular flexibility index (Phi) is 6.25. The molecule has 2 heterocycles. The van der Waals surface area contributed by atoms with Gasteiger partial charge in [0.05, 0.1) is 6.26 Å². The van der Waals surface area contributed by atoms with Crippen molar-refractivity contribution in [1.29, 1.82) is 0 Å². The molecule has 0 radical (unpaired) electrons. The molecule has 0 spiro atoms. The number of ether oxygens (including phenoxy) is 2. The first-order valence-corrected chi connectivity index (χ1v) is 11.7. The normalized spacial score (nSPS) is 16.1. The van der Waals surface area contributed by atoms with E-state index in [-0.39, 0.29) is 17.7 Å². The fourth-order valence-corrected chi connectivity index (χ4v) is 4.60. The lowest BCUT2D eigenvalue weighted by Crippen LogP contribution is -2.46. The molecular formula is C27H28N2O5. The zero-order valence-corrected chi connectivity index (χ0v) is 19.2. The van der Waals surface area contributed by atoms with Crippen LogP contribution in [0, 0.1) is 6.92 Å². The van der Waals surface area contributed by atoms with Gasteiger partial charge in [-0.1, -0.05) is 42.7 Å². The predicted octanol–water partition coefficient (Wildman–Crippen LogP) is 4.81. The van der Waals surface area contributed by atoms with Crippen LogP contribution >= 0.6 is 0 Å². The van der Waals surface area contributed by atoms with E-state index in [4.69, 9.17) is 13.9 Å². The molecule has 1 aliphatic heterocycles. The van der Waals surface area contributed by atoms with Crippen LogP contribution in [0.3, 0.4) is 0 Å². The SMILES string of the molecule is Cc1ccc([C@H](C(=O)NC2CCCC2)N(C(=O)c2ccco2)c2ccc3c(c2)OCCO3)cc1. The molecule has 1 atom stereocenters. The number of fused-ring (bicyclic) bond motifs is 1. The second-order valence-corrected chi connectivity index (χ2v) is 8.78. The maximum absolute atomic E-state index is 13.8. The van der Waals surface area contributed by atoms with Gasteiger partial charge < -0.3 is 19.2 Å². The van der Waals surface area contributed by atoms with Gasteiger partial charge in [-0.25, -0.2) is 0 Å². The van der Waals surface area contributed by atoms with Crippen molar-refractivity contribution in [2.24, 2.45) is 0 Å². The Labute approximate surface area is 198 Å². The Balaban J connectivity index is 1.60. The molecule has 1 N–H and O–H groups in total. The molecule has 2 aromatic carbocycles. The molecule has 7 heteroatoms. The summed E-state index contributed by atoms with van der Waals surface area (Å²) in [5.41, 5.74) is 2.32. The number of anilines is 1. The van der Waals surface area contributed by atoms with Crippen molar-refractivity contribution in [2.75, 3.05) is 18.1 Å². The van der Waals surface area contributed by atoms with Crippen molar-refractivity contribution >= 4 is 17.5 Å². The number of aryl methyl sites for hydroxylation is 1. The van der Waals surface area contributed by atoms with Gasteiger partial charge in [0.15, 0.2) is 17.3 Å². The number of rotatable bonds is 6. The van der Waals surface area contributed by atoms with Crippen LogP contribution in [0.1, 0.15) is 53.4 Å². The van der Waals surface area contributed by atoms with Gasteiger partial charge >= 0.3 is 0 Å². The summed E-state index contributed by atoms with van der Waals surface area (Å²) in [6.45, 7) is 2.88. The molecule has 1 aromatic heterocycles. The molecule has 1 saturated carbocycles. The Bertz CT molecular complexity index is 1150. The maximum atomic E-state index is 13.8. The number of benzene rings is 2. The minimum absolute atomic E-state index is 0.112. The summed E-state index contributed by atoms with van der Waals surface area (Å²) in [6, 6.07) is 15.5. The third kappa shape index (κ3) is 4.51. The van der Waals surface area contributed by atoms with E-state index in [0.717, 1.165) is 36.8 Å². The van der Waals surface area contributed by atoms with Gasteiger partial charge in [0.2, 0.25) is 5.91 Å². The molecule has 3 aromatic rings. The molecule has 2 amide bonds. The smallest absolute Gasteiger partial charge is 0.294 e. The van der Waals surface area contributed by atoms with Crippen molar-refractivity contribution in [2.45, 2.75) is 44.7 Å². The third-order valence-corrected chi connectivity index (χ3v) is 6.36. The van der Waals surface area contributed by atoms with Gasteiger partial charge in [-0.2, -0.15) is 0 Å². The third-order valence-electron chi connectivity index (χ3n) is 6.36. The lowest BCUT2D eigenvalue weighted by atomic mass is 10.0. The molecule has 5 rings (SSSR count). The highest BCUT2D eigenvalue weighted by molar-refractivity contribution is 6.08. The molecule has 176 valence electrons. The number of nitrogens with zero attached hydrogens (tertiary/aromatic N) is 1. The summed E-state index contributed by atoms with van der Waals surface area (Å²) in [6.07, 6.45) is 5.54. The molecule has 7 nitrogen and oxygen atoms in total. The minimum atomic E-state index is -0.888. The fourth-order valence-electron chi connectivity index (χ4n) is 4.60. The number of carbonyl (C=O) groups is 2. The fraction of sp³-hybridized carbons (Fsp3) is 0.333. The number of nitrogens with one attached hydrogen (secondary N) is 1. The summed E-state index contributed by atoms with van der Waals surface area (Å²) in [5, 5.41) is 3.19. The summed E-state index contributed by atoms with van der Waals surface area (Å²) >= 11 is 0. The predicted molar refractivity (Wildman–Crippen MR) is 127 cm³/mol. The van der Waals surface area contributed by atoms with Crippen molar-refractivity contribution in [3.05, 3.63) is 77.7 Å². The van der Waals surface area contributed by atoms with Gasteiger partial charge in [-0.05, 0) is 49.6 Å². The zero-order valence-electron chi connectivity index (χ0n) is 19.2. The largest absolute Gasteiger partial charge is 0.486 e. The number of furan rings is 1. The first kappa shape index (κ1) is 22.1. The molecule has 1 fully saturated rings. The number of amides is 2. The van der Waals surface area contributed by atoms with E-state index in [1.807, 2.05) is 31.2 Å². The zero-order chi connectivity index (χ0) is 23.5. The van der Waals surface area contributed by atoms with Crippen molar-refractivity contribution in [1.82, 2.24) is 5.32 Å². The van der Waals surface area contributed by atoms with Crippen molar-refractivity contribution in [3.63, 3.8) is 0 Å². The van der Waals surface area contributed by atoms with Gasteiger partial charge in [0, 0.05) is 17.8 Å². The first-order valence-electron chi connectivity index (χ1n) is 11.7. The Morgan fingerprint density at radius 2 is 1.71 bits per heavy atom. The molecule has 0 saturated heterocycles. The van der Waals surface area contributed by atoms with Gasteiger partial charge in [0.1, 0.15) is 19.3 Å². The number of carbonyl (C=O) groups excluding carboxylic acids is 2. The molecule has 0 bridgehead atoms. The lowest BCUT2D eigenvalue weighted by molar-refractivity contribution is -0.123. The van der Waals surface area contributed by atoms with Crippen LogP contribution in [0.4, 0.5) is 5.69 Å². The standard InChI is InChI=1S/C27H28N2O5/c1-18-8-10-19(11-9-18)25(26(30)28-20-5-2-3-6-20)29(27(31)23-7-4-14-32-23)21-12-13-22-24(17-21)34-16-15-33-22/h4,7-14,17,20,25H,2-3,5-6,15-16H2,1H3,(H,28,30)/t25-/m1/s1. The molecule has 2 aliphatic rings. The molecule has 0 unspecified atom stereocenters. The highest BCUT2D eigenvalue weighted by Gasteiger charge is 2.36. The van der Waals surface area contributed by atoms with Crippen LogP contribution in [0.5, 0.6) is 11.5 Å². The summed E-state index contributed by atoms with van der Waals surface area (Å²) in [4.78, 5) is 29.0. The highest BCUT2D eigenvalue weighted by Crippen LogP contribution is 2.38. The van der Waals surface area contributed by atoms with Crippen LogP contribution < -0.4 is 19.7 Å². The van der Waals surface area contributed by atoms with Crippen molar-refractivity contribution in [3.8, 4) is 11.5 Å². The van der Waals surface area contributed by atoms with E-state index in [2.05, 4.69) is 5.32 Å². The van der Waals surface area contributed by atoms with E-state index in [1.54, 1.807) is 30.3 Å². The summed E-state index contributed by atoms with van der Waals surface area (Å²) in [7, 11) is 0. The summed E-state index contributed by atoms with van der Waals surface area (Å²) < 4.78 is 16.9. The van der Waals surface area contributed by atoms with Gasteiger partial charge in [-0.3, -0.25) is 14.5 Å². The van der Waals surface area contributed by atoms with E-state index in [1.165, 1.54) is 11.2 Å². The first-order chi connectivity index (χ1) is 16.6. The number of hydrogen-bond acceptors (Lipinski definition) is 5. The van der Waals surface area contributed by atoms with Gasteiger partial charge in [0.25, 0.3) is 5.91 Å². The van der Waals surface area contributed by atoms with Crippen molar-refractivity contribution < 1.29 is 23.5 Å². The number of hydrogen-bond donors (Lipinski definition) is 1. The van der Waals surface area contributed by atoms with E-state index >= 15 is 0 Å². The van der Waals surface area contributed by atoms with Gasteiger partial charge in [-0.15, -0.1) is 0 Å². The Hall–Kier alpha value is -3.74. The maximum Gasteiger partial charge on any atom is 0.294 e. The van der Waals surface area contributed by atoms with Crippen LogP contribution in [-0.2, 0) is 4.79 Å². The quantitative estimate of drug-likeness (QED) is 0.571.